The molecular weight excluding hydrogens is 496 g/mol. The topological polar surface area (TPSA) is 116 Å². The maximum atomic E-state index is 12.2. The molecule has 1 amide bonds. The monoisotopic (exact) mass is 524 g/mol. The third-order valence-electron chi connectivity index (χ3n) is 6.09. The zero-order valence-corrected chi connectivity index (χ0v) is 21.9. The Hall–Kier alpha value is -3.79. The van der Waals surface area contributed by atoms with E-state index in [0.29, 0.717) is 52.6 Å². The molecule has 0 fully saturated rings. The number of amides is 1. The van der Waals surface area contributed by atoms with Gasteiger partial charge in [-0.3, -0.25) is 9.67 Å². The molecule has 4 aromatic heterocycles. The van der Waals surface area contributed by atoms with Gasteiger partial charge in [-0.25, -0.2) is 9.31 Å². The van der Waals surface area contributed by atoms with E-state index in [-0.39, 0.29) is 17.9 Å². The van der Waals surface area contributed by atoms with E-state index in [1.54, 1.807) is 33.9 Å². The van der Waals surface area contributed by atoms with E-state index in [9.17, 15) is 9.90 Å². The molecule has 2 N–H and O–H groups in total. The maximum absolute atomic E-state index is 12.2. The quantitative estimate of drug-likeness (QED) is 0.380. The Kier molecular flexibility index (Phi) is 6.45. The second kappa shape index (κ2) is 9.59. The zero-order valence-electron chi connectivity index (χ0n) is 21.1. The molecule has 1 aliphatic heterocycles. The lowest BCUT2D eigenvalue weighted by Gasteiger charge is -2.26. The van der Waals surface area contributed by atoms with Gasteiger partial charge in [0.2, 0.25) is 0 Å². The predicted molar refractivity (Wildman–Crippen MR) is 138 cm³/mol. The molecule has 10 nitrogen and oxygen atoms in total. The van der Waals surface area contributed by atoms with Gasteiger partial charge < -0.3 is 19.9 Å². The molecular formula is C26H29ClN6O4. The lowest BCUT2D eigenvalue weighted by atomic mass is 10.0. The van der Waals surface area contributed by atoms with Gasteiger partial charge in [0.1, 0.15) is 28.7 Å². The average molecular weight is 525 g/mol. The summed E-state index contributed by atoms with van der Waals surface area (Å²) in [6, 6.07) is 7.26. The van der Waals surface area contributed by atoms with Crippen molar-refractivity contribution in [2.24, 2.45) is 0 Å². The molecule has 5 heterocycles. The van der Waals surface area contributed by atoms with Crippen LogP contribution in [0.3, 0.4) is 0 Å². The van der Waals surface area contributed by atoms with Gasteiger partial charge in [-0.15, -0.1) is 0 Å². The number of alkyl carbamates (subject to hydrolysis) is 1. The number of halogens is 1. The SMILES string of the molecule is C[C@@H](Oc1cc(-c2nn3c(c2O)CC(NC(=O)OC(C)(C)C)CC3)cn2ncc(Cl)c12)c1ccccn1. The van der Waals surface area contributed by atoms with Crippen molar-refractivity contribution >= 4 is 23.2 Å². The highest BCUT2D eigenvalue weighted by molar-refractivity contribution is 6.34. The standard InChI is InChI=1S/C26H29ClN6O4/c1-15(19-7-5-6-9-28-19)36-21-11-16(14-33-23(21)18(27)13-29-33)22-24(34)20-12-17(8-10-32(20)31-22)30-25(35)37-26(2,3)4/h5-7,9,11,13-15,17,34H,8,10,12H2,1-4H3,(H,30,35)/t15-,17?/m1/s1. The summed E-state index contributed by atoms with van der Waals surface area (Å²) in [5.74, 6) is 0.546. The molecule has 1 aliphatic rings. The van der Waals surface area contributed by atoms with Crippen LogP contribution in [0.4, 0.5) is 4.79 Å². The van der Waals surface area contributed by atoms with Crippen LogP contribution in [0.25, 0.3) is 16.8 Å². The van der Waals surface area contributed by atoms with Gasteiger partial charge in [-0.2, -0.15) is 10.2 Å². The molecule has 0 aromatic carbocycles. The van der Waals surface area contributed by atoms with Crippen molar-refractivity contribution in [2.75, 3.05) is 0 Å². The van der Waals surface area contributed by atoms with Crippen molar-refractivity contribution in [1.29, 1.82) is 0 Å². The summed E-state index contributed by atoms with van der Waals surface area (Å²) in [4.78, 5) is 16.6. The summed E-state index contributed by atoms with van der Waals surface area (Å²) in [6.45, 7) is 7.90. The number of nitrogens with zero attached hydrogens (tertiary/aromatic N) is 5. The summed E-state index contributed by atoms with van der Waals surface area (Å²) < 4.78 is 15.0. The number of aromatic nitrogens is 5. The molecule has 2 atom stereocenters. The van der Waals surface area contributed by atoms with Crippen LogP contribution in [0, 0.1) is 0 Å². The zero-order chi connectivity index (χ0) is 26.3. The van der Waals surface area contributed by atoms with Gasteiger partial charge in [-0.05, 0) is 52.3 Å². The second-order valence-corrected chi connectivity index (χ2v) is 10.5. The fraction of sp³-hybridized carbons (Fsp3) is 0.385. The predicted octanol–water partition coefficient (Wildman–Crippen LogP) is 4.93. The van der Waals surface area contributed by atoms with E-state index in [0.717, 1.165) is 5.69 Å². The summed E-state index contributed by atoms with van der Waals surface area (Å²) in [7, 11) is 0. The van der Waals surface area contributed by atoms with Crippen molar-refractivity contribution in [3.63, 3.8) is 0 Å². The van der Waals surface area contributed by atoms with Crippen LogP contribution < -0.4 is 10.1 Å². The van der Waals surface area contributed by atoms with Crippen LogP contribution in [0.5, 0.6) is 11.5 Å². The molecule has 0 radical (unpaired) electrons. The number of hydrogen-bond acceptors (Lipinski definition) is 7. The van der Waals surface area contributed by atoms with Gasteiger partial charge in [0.05, 0.1) is 22.6 Å². The summed E-state index contributed by atoms with van der Waals surface area (Å²) >= 11 is 6.42. The second-order valence-electron chi connectivity index (χ2n) is 10.1. The van der Waals surface area contributed by atoms with Gasteiger partial charge in [-0.1, -0.05) is 17.7 Å². The van der Waals surface area contributed by atoms with E-state index in [2.05, 4.69) is 20.5 Å². The van der Waals surface area contributed by atoms with Gasteiger partial charge in [0.15, 0.2) is 5.75 Å². The highest BCUT2D eigenvalue weighted by Crippen LogP contribution is 2.39. The van der Waals surface area contributed by atoms with Crippen LogP contribution >= 0.6 is 11.6 Å². The van der Waals surface area contributed by atoms with Gasteiger partial charge in [0.25, 0.3) is 0 Å². The minimum absolute atomic E-state index is 0.0528. The number of hydrogen-bond donors (Lipinski definition) is 2. The normalized spacial score (nSPS) is 16.3. The van der Waals surface area contributed by atoms with Crippen molar-refractivity contribution in [3.8, 4) is 22.8 Å². The molecule has 4 aromatic rings. The first kappa shape index (κ1) is 24.9. The number of rotatable bonds is 5. The van der Waals surface area contributed by atoms with Crippen molar-refractivity contribution < 1.29 is 19.4 Å². The minimum atomic E-state index is -0.586. The lowest BCUT2D eigenvalue weighted by Crippen LogP contribution is -2.42. The molecule has 194 valence electrons. The Morgan fingerprint density at radius 3 is 2.86 bits per heavy atom. The molecule has 0 bridgehead atoms. The number of aryl methyl sites for hydroxylation is 1. The van der Waals surface area contributed by atoms with Crippen LogP contribution in [-0.4, -0.2) is 47.2 Å². The van der Waals surface area contributed by atoms with Crippen molar-refractivity contribution in [3.05, 3.63) is 59.3 Å². The summed E-state index contributed by atoms with van der Waals surface area (Å²) in [6.07, 6.45) is 5.27. The average Bonchev–Trinajstić information content (AvgIpc) is 3.38. The molecule has 11 heteroatoms. The third-order valence-corrected chi connectivity index (χ3v) is 6.37. The fourth-order valence-corrected chi connectivity index (χ4v) is 4.64. The molecule has 37 heavy (non-hydrogen) atoms. The van der Waals surface area contributed by atoms with Gasteiger partial charge in [0, 0.05) is 37.0 Å². The number of carbonyl (C=O) groups is 1. The van der Waals surface area contributed by atoms with Crippen LogP contribution in [-0.2, 0) is 17.7 Å². The largest absolute Gasteiger partial charge is 0.504 e. The number of pyridine rings is 2. The summed E-state index contributed by atoms with van der Waals surface area (Å²) in [5, 5.41) is 23.5. The Bertz CT molecular complexity index is 1440. The maximum Gasteiger partial charge on any atom is 0.407 e. The van der Waals surface area contributed by atoms with E-state index >= 15 is 0 Å². The Balaban J connectivity index is 1.44. The van der Waals surface area contributed by atoms with E-state index in [4.69, 9.17) is 21.1 Å². The van der Waals surface area contributed by atoms with E-state index in [1.807, 2.05) is 45.9 Å². The van der Waals surface area contributed by atoms with E-state index in [1.165, 1.54) is 0 Å². The number of nitrogens with one attached hydrogen (secondary N) is 1. The van der Waals surface area contributed by atoms with Crippen molar-refractivity contribution in [1.82, 2.24) is 29.7 Å². The van der Waals surface area contributed by atoms with Crippen molar-refractivity contribution in [2.45, 2.75) is 64.8 Å². The molecule has 0 aliphatic carbocycles. The minimum Gasteiger partial charge on any atom is -0.504 e. The van der Waals surface area contributed by atoms with Crippen LogP contribution in [0.2, 0.25) is 5.02 Å². The highest BCUT2D eigenvalue weighted by Gasteiger charge is 2.29. The molecule has 0 spiro atoms. The first-order valence-corrected chi connectivity index (χ1v) is 12.5. The fourth-order valence-electron chi connectivity index (χ4n) is 4.41. The van der Waals surface area contributed by atoms with Crippen LogP contribution in [0.1, 0.15) is 51.6 Å². The molecule has 1 unspecified atom stereocenters. The smallest absolute Gasteiger partial charge is 0.407 e. The highest BCUT2D eigenvalue weighted by atomic mass is 35.5. The number of aromatic hydroxyl groups is 1. The number of fused-ring (bicyclic) bond motifs is 2. The lowest BCUT2D eigenvalue weighted by molar-refractivity contribution is 0.0496. The third kappa shape index (κ3) is 5.20. The number of ether oxygens (including phenoxy) is 2. The Morgan fingerprint density at radius 1 is 1.32 bits per heavy atom. The first-order valence-electron chi connectivity index (χ1n) is 12.1. The van der Waals surface area contributed by atoms with Gasteiger partial charge >= 0.3 is 6.09 Å². The molecule has 0 saturated carbocycles. The Morgan fingerprint density at radius 2 is 2.14 bits per heavy atom. The molecule has 0 saturated heterocycles. The first-order chi connectivity index (χ1) is 17.6. The Labute approximate surface area is 219 Å². The molecule has 5 rings (SSSR count). The number of carbonyl (C=O) groups excluding carboxylic acids is 1. The van der Waals surface area contributed by atoms with E-state index < -0.39 is 11.7 Å². The van der Waals surface area contributed by atoms with Crippen LogP contribution in [0.15, 0.2) is 42.9 Å². The summed E-state index contributed by atoms with van der Waals surface area (Å²) in [5.41, 5.74) is 2.45.